The molecule has 27 heteroatoms. The fourth-order valence-corrected chi connectivity index (χ4v) is 13.6. The van der Waals surface area contributed by atoms with Gasteiger partial charge < -0.3 is 44.3 Å². The molecule has 0 radical (unpaired) electrons. The van der Waals surface area contributed by atoms with Crippen LogP contribution in [0.4, 0.5) is 28.8 Å². The van der Waals surface area contributed by atoms with Crippen LogP contribution in [0.2, 0.25) is 0 Å². The molecule has 3 atom stereocenters. The predicted octanol–water partition coefficient (Wildman–Crippen LogP) is 9.77. The molecule has 0 aliphatic carbocycles. The number of hydrogen-bond acceptors (Lipinski definition) is 18. The minimum Gasteiger partial charge on any atom is -0.444 e. The lowest BCUT2D eigenvalue weighted by Crippen LogP contribution is -2.58. The summed E-state index contributed by atoms with van der Waals surface area (Å²) in [4.78, 5) is 110. The Labute approximate surface area is 551 Å². The highest BCUT2D eigenvalue weighted by Crippen LogP contribution is 2.40. The number of nitrogens with zero attached hydrogens (tertiary/aromatic N) is 9. The van der Waals surface area contributed by atoms with E-state index in [-0.39, 0.29) is 86.8 Å². The summed E-state index contributed by atoms with van der Waals surface area (Å²) in [7, 11) is 1.49. The molecule has 500 valence electrons. The van der Waals surface area contributed by atoms with Crippen molar-refractivity contribution in [2.24, 2.45) is 5.92 Å². The van der Waals surface area contributed by atoms with E-state index >= 15 is 0 Å². The van der Waals surface area contributed by atoms with Crippen molar-refractivity contribution < 1.29 is 60.9 Å². The number of amides is 6. The highest BCUT2D eigenvalue weighted by molar-refractivity contribution is 7.22. The van der Waals surface area contributed by atoms with E-state index in [2.05, 4.69) is 37.7 Å². The number of piperidine rings is 1. The van der Waals surface area contributed by atoms with Gasteiger partial charge in [0.05, 0.1) is 54.1 Å². The molecule has 7 aromatic rings. The van der Waals surface area contributed by atoms with Gasteiger partial charge in [-0.25, -0.2) is 19.7 Å². The number of aromatic nitrogens is 4. The number of hydrogen-bond donors (Lipinski definition) is 3. The Balaban J connectivity index is 0.650. The zero-order valence-electron chi connectivity index (χ0n) is 53.5. The lowest BCUT2D eigenvalue weighted by Gasteiger charge is -2.38. The summed E-state index contributed by atoms with van der Waals surface area (Å²) in [6.07, 6.45) is -1.25. The van der Waals surface area contributed by atoms with Crippen molar-refractivity contribution in [3.05, 3.63) is 119 Å². The molecule has 3 aliphatic rings. The number of nitrogens with one attached hydrogen (secondary N) is 3. The molecule has 0 spiro atoms. The SMILES string of the molecule is CCN1CCN(Cc2ccc(NC(=O)c3cccc(-c4ccc5nc(NC(=O)COCCOCCOCC(=O)N6CCC([C@H](NC(=O)[C@H](C)N(C)C(=O)OC(C)(C)C)C(=O)N7CCC[C@H]7c7nc8c(-c9ccccc9)nccc8s7)CC6)sc5n4)c3)cc2C(F)(F)F)CC1. The van der Waals surface area contributed by atoms with Crippen molar-refractivity contribution in [3.63, 3.8) is 0 Å². The molecular weight excluding hydrogens is 1250 g/mol. The van der Waals surface area contributed by atoms with E-state index in [0.717, 1.165) is 69.9 Å². The van der Waals surface area contributed by atoms with Gasteiger partial charge in [-0.15, -0.1) is 11.3 Å². The van der Waals surface area contributed by atoms with Gasteiger partial charge in [0.1, 0.15) is 51.8 Å². The van der Waals surface area contributed by atoms with Gasteiger partial charge in [0.25, 0.3) is 11.8 Å². The summed E-state index contributed by atoms with van der Waals surface area (Å²) in [6, 6.07) is 23.5. The lowest BCUT2D eigenvalue weighted by atomic mass is 9.88. The summed E-state index contributed by atoms with van der Waals surface area (Å²) < 4.78 is 66.2. The van der Waals surface area contributed by atoms with Crippen LogP contribution in [0.3, 0.4) is 0 Å². The first-order valence-corrected chi connectivity index (χ1v) is 33.2. The molecule has 0 unspecified atom stereocenters. The molecule has 3 saturated heterocycles. The number of carbonyl (C=O) groups excluding carboxylic acids is 6. The second-order valence-electron chi connectivity index (χ2n) is 24.5. The van der Waals surface area contributed by atoms with Gasteiger partial charge in [0, 0.05) is 88.0 Å². The number of benzene rings is 3. The number of likely N-dealkylation sites (tertiary alicyclic amines) is 2. The molecule has 3 N–H and O–H groups in total. The molecule has 0 saturated carbocycles. The maximum absolute atomic E-state index is 15.0. The van der Waals surface area contributed by atoms with Crippen molar-refractivity contribution in [2.75, 3.05) is 110 Å². The number of alkyl halides is 3. The Morgan fingerprint density at radius 3 is 2.18 bits per heavy atom. The van der Waals surface area contributed by atoms with E-state index in [1.807, 2.05) is 46.2 Å². The Morgan fingerprint density at radius 1 is 0.745 bits per heavy atom. The topological polar surface area (TPSA) is 243 Å². The average molecular weight is 1330 g/mol. The van der Waals surface area contributed by atoms with Gasteiger partial charge in [0.2, 0.25) is 17.7 Å². The number of halogens is 3. The number of piperazine rings is 1. The number of pyridine rings is 2. The maximum atomic E-state index is 15.0. The largest absolute Gasteiger partial charge is 0.444 e. The van der Waals surface area contributed by atoms with Crippen LogP contribution in [0.15, 0.2) is 97.2 Å². The predicted molar refractivity (Wildman–Crippen MR) is 352 cm³/mol. The normalized spacial score (nSPS) is 16.7. The van der Waals surface area contributed by atoms with Gasteiger partial charge in [-0.1, -0.05) is 66.8 Å². The fourth-order valence-electron chi connectivity index (χ4n) is 11.6. The van der Waals surface area contributed by atoms with Crippen LogP contribution in [0, 0.1) is 5.92 Å². The van der Waals surface area contributed by atoms with E-state index in [4.69, 9.17) is 28.9 Å². The van der Waals surface area contributed by atoms with E-state index in [0.29, 0.717) is 78.7 Å². The molecule has 4 aromatic heterocycles. The number of carbonyl (C=O) groups is 6. The monoisotopic (exact) mass is 1330 g/mol. The number of ether oxygens (including phenoxy) is 4. The van der Waals surface area contributed by atoms with Crippen LogP contribution in [0.25, 0.3) is 43.1 Å². The molecule has 7 heterocycles. The van der Waals surface area contributed by atoms with Crippen LogP contribution < -0.4 is 16.0 Å². The smallest absolute Gasteiger partial charge is 0.416 e. The van der Waals surface area contributed by atoms with E-state index in [9.17, 15) is 41.9 Å². The molecule has 3 fully saturated rings. The second-order valence-corrected chi connectivity index (χ2v) is 26.5. The highest BCUT2D eigenvalue weighted by atomic mass is 32.1. The summed E-state index contributed by atoms with van der Waals surface area (Å²) >= 11 is 2.67. The first kappa shape index (κ1) is 68.8. The van der Waals surface area contributed by atoms with Crippen molar-refractivity contribution in [1.82, 2.24) is 49.8 Å². The Kier molecular flexibility index (Phi) is 22.7. The summed E-state index contributed by atoms with van der Waals surface area (Å²) in [5, 5.41) is 9.48. The van der Waals surface area contributed by atoms with Crippen molar-refractivity contribution in [1.29, 1.82) is 0 Å². The second kappa shape index (κ2) is 31.0. The van der Waals surface area contributed by atoms with E-state index in [1.54, 1.807) is 75.2 Å². The van der Waals surface area contributed by atoms with Gasteiger partial charge >= 0.3 is 12.3 Å². The number of anilines is 2. The molecule has 10 rings (SSSR count). The number of thiazole rings is 2. The lowest BCUT2D eigenvalue weighted by molar-refractivity contribution is -0.142. The number of likely N-dealkylation sites (N-methyl/N-ethyl adjacent to an activating group) is 2. The molecule has 22 nitrogen and oxygen atoms in total. The minimum absolute atomic E-state index is 0.0271. The van der Waals surface area contributed by atoms with Crippen molar-refractivity contribution in [3.8, 4) is 22.5 Å². The van der Waals surface area contributed by atoms with Crippen LogP contribution in [-0.2, 0) is 50.8 Å². The van der Waals surface area contributed by atoms with Gasteiger partial charge in [0.15, 0.2) is 5.13 Å². The van der Waals surface area contributed by atoms with Crippen molar-refractivity contribution in [2.45, 2.75) is 96.7 Å². The zero-order valence-corrected chi connectivity index (χ0v) is 55.2. The summed E-state index contributed by atoms with van der Waals surface area (Å²) in [5.41, 5.74) is 2.90. The standard InChI is InChI=1S/C67H79F3N12O10S2/c1-7-79-29-31-80(32-30-79)39-47-18-19-48(38-49(47)67(68,69)70)72-60(86)46-16-11-15-45(37-46)50-20-21-51-61(73-50)94-64(74-51)75-54(83)40-90-35-33-89-34-36-91-41-55(84)81-27-23-44(24-28-81)57(76-59(85)42(2)78(6)65(88)92-66(3,4)5)63(87)82-26-12-17-52(82)62-77-58-53(93-62)22-25-71-56(58)43-13-9-8-10-14-43/h8-11,13-16,18-22,25,37-38,42,44,52,57H,7,12,17,23-24,26-36,39-41H2,1-6H3,(H,72,86)(H,76,85)(H,74,75,83)/t42-,52-,57-/m0/s1. The third kappa shape index (κ3) is 17.6. The fraction of sp³-hybridized carbons (Fsp3) is 0.463. The van der Waals surface area contributed by atoms with Gasteiger partial charge in [-0.3, -0.25) is 44.1 Å². The summed E-state index contributed by atoms with van der Waals surface area (Å²) in [5.74, 6) is -2.36. The third-order valence-corrected chi connectivity index (χ3v) is 18.9. The van der Waals surface area contributed by atoms with Crippen molar-refractivity contribution >= 4 is 89.7 Å². The molecular formula is C67H79F3N12O10S2. The van der Waals surface area contributed by atoms with Gasteiger partial charge in [-0.2, -0.15) is 13.2 Å². The van der Waals surface area contributed by atoms with Gasteiger partial charge in [-0.05, 0) is 114 Å². The van der Waals surface area contributed by atoms with Crippen LogP contribution >= 0.6 is 22.7 Å². The molecule has 3 aromatic carbocycles. The Morgan fingerprint density at radius 2 is 1.46 bits per heavy atom. The molecule has 0 bridgehead atoms. The number of rotatable bonds is 24. The van der Waals surface area contributed by atoms with Crippen LogP contribution in [0.5, 0.6) is 0 Å². The van der Waals surface area contributed by atoms with Crippen LogP contribution in [-0.4, -0.2) is 197 Å². The zero-order chi connectivity index (χ0) is 66.7. The molecule has 6 amide bonds. The minimum atomic E-state index is -4.61. The van der Waals surface area contributed by atoms with E-state index in [1.165, 1.54) is 35.4 Å². The molecule has 3 aliphatic heterocycles. The van der Waals surface area contributed by atoms with E-state index < -0.39 is 53.2 Å². The quantitative estimate of drug-likeness (QED) is 0.0477. The Bertz CT molecular complexity index is 3820. The first-order chi connectivity index (χ1) is 45.1. The highest BCUT2D eigenvalue weighted by Gasteiger charge is 2.42. The maximum Gasteiger partial charge on any atom is 0.416 e. The first-order valence-electron chi connectivity index (χ1n) is 31.6. The summed E-state index contributed by atoms with van der Waals surface area (Å²) in [6.45, 7) is 14.0. The molecule has 94 heavy (non-hydrogen) atoms. The van der Waals surface area contributed by atoms with Crippen LogP contribution in [0.1, 0.15) is 92.8 Å². The Hall–Kier alpha value is -8.05. The average Bonchev–Trinajstić information content (AvgIpc) is 1.61. The third-order valence-electron chi connectivity index (χ3n) is 16.9. The number of fused-ring (bicyclic) bond motifs is 2.